The second kappa shape index (κ2) is 8.37. The number of aromatic nitrogens is 1. The van der Waals surface area contributed by atoms with Crippen molar-refractivity contribution >= 4 is 10.9 Å². The Hall–Kier alpha value is -2.33. The zero-order chi connectivity index (χ0) is 18.5. The molecule has 0 spiro atoms. The van der Waals surface area contributed by atoms with Crippen LogP contribution < -0.4 is 4.74 Å². The van der Waals surface area contributed by atoms with Gasteiger partial charge in [-0.25, -0.2) is 4.39 Å². The van der Waals surface area contributed by atoms with Crippen LogP contribution in [-0.2, 0) is 19.6 Å². The highest BCUT2D eigenvalue weighted by Crippen LogP contribution is 2.33. The minimum absolute atomic E-state index is 0.254. The lowest BCUT2D eigenvalue weighted by Gasteiger charge is -2.12. The molecular weight excluding hydrogens is 327 g/mol. The maximum atomic E-state index is 14.3. The van der Waals surface area contributed by atoms with Gasteiger partial charge in [0, 0.05) is 30.7 Å². The average molecular weight is 354 g/mol. The number of nitrogens with zero attached hydrogens (tertiary/aromatic N) is 2. The number of benzene rings is 2. The molecule has 0 unspecified atom stereocenters. The van der Waals surface area contributed by atoms with Gasteiger partial charge in [-0.1, -0.05) is 37.3 Å². The number of ether oxygens (including phenoxy) is 1. The Morgan fingerprint density at radius 3 is 2.58 bits per heavy atom. The molecule has 0 radical (unpaired) electrons. The molecule has 0 saturated heterocycles. The van der Waals surface area contributed by atoms with Crippen molar-refractivity contribution in [3.05, 3.63) is 65.6 Å². The van der Waals surface area contributed by atoms with E-state index in [2.05, 4.69) is 36.7 Å². The Kier molecular flexibility index (Phi) is 5.94. The smallest absolute Gasteiger partial charge is 0.132 e. The maximum absolute atomic E-state index is 14.3. The van der Waals surface area contributed by atoms with Gasteiger partial charge in [0.25, 0.3) is 0 Å². The summed E-state index contributed by atoms with van der Waals surface area (Å²) in [4.78, 5) is 2.16. The van der Waals surface area contributed by atoms with E-state index in [0.29, 0.717) is 12.4 Å². The van der Waals surface area contributed by atoms with Crippen molar-refractivity contribution in [3.8, 4) is 5.75 Å². The maximum Gasteiger partial charge on any atom is 0.132 e. The third kappa shape index (κ3) is 4.25. The number of hydrogen-bond donors (Lipinski definition) is 0. The van der Waals surface area contributed by atoms with E-state index in [1.54, 1.807) is 6.07 Å². The Balaban J connectivity index is 1.99. The molecule has 0 bridgehead atoms. The number of rotatable bonds is 8. The molecule has 2 aromatic carbocycles. The number of aryl methyl sites for hydroxylation is 1. The first-order valence-electron chi connectivity index (χ1n) is 9.21. The molecule has 0 aliphatic carbocycles. The molecule has 3 rings (SSSR count). The van der Waals surface area contributed by atoms with Crippen molar-refractivity contribution in [3.63, 3.8) is 0 Å². The third-order valence-corrected chi connectivity index (χ3v) is 4.52. The molecule has 3 nitrogen and oxygen atoms in total. The lowest BCUT2D eigenvalue weighted by Crippen LogP contribution is -2.15. The third-order valence-electron chi connectivity index (χ3n) is 4.52. The van der Waals surface area contributed by atoms with Gasteiger partial charge in [-0.2, -0.15) is 0 Å². The van der Waals surface area contributed by atoms with Gasteiger partial charge in [-0.15, -0.1) is 0 Å². The summed E-state index contributed by atoms with van der Waals surface area (Å²) in [6.07, 6.45) is 4.08. The van der Waals surface area contributed by atoms with Crippen LogP contribution in [0.1, 0.15) is 24.5 Å². The molecule has 0 fully saturated rings. The molecule has 0 aliphatic rings. The summed E-state index contributed by atoms with van der Waals surface area (Å²) in [6, 6.07) is 13.1. The van der Waals surface area contributed by atoms with Crippen LogP contribution in [0.15, 0.2) is 48.7 Å². The van der Waals surface area contributed by atoms with Crippen LogP contribution in [0, 0.1) is 5.82 Å². The van der Waals surface area contributed by atoms with E-state index in [9.17, 15) is 4.39 Å². The molecule has 26 heavy (non-hydrogen) atoms. The molecule has 3 aromatic rings. The summed E-state index contributed by atoms with van der Waals surface area (Å²) in [5.41, 5.74) is 3.21. The minimum atomic E-state index is -0.254. The van der Waals surface area contributed by atoms with Gasteiger partial charge in [-0.05, 0) is 44.1 Å². The molecule has 4 heteroatoms. The highest BCUT2D eigenvalue weighted by molar-refractivity contribution is 5.90. The minimum Gasteiger partial charge on any atom is -0.488 e. The molecule has 0 amide bonds. The van der Waals surface area contributed by atoms with Crippen LogP contribution in [0.4, 0.5) is 4.39 Å². The van der Waals surface area contributed by atoms with Gasteiger partial charge in [0.2, 0.25) is 0 Å². The number of hydrogen-bond acceptors (Lipinski definition) is 2. The lowest BCUT2D eigenvalue weighted by atomic mass is 10.1. The highest BCUT2D eigenvalue weighted by atomic mass is 19.1. The molecule has 138 valence electrons. The first-order valence-corrected chi connectivity index (χ1v) is 9.21. The molecule has 1 aromatic heterocycles. The Bertz CT molecular complexity index is 855. The average Bonchev–Trinajstić information content (AvgIpc) is 2.97. The summed E-state index contributed by atoms with van der Waals surface area (Å²) in [5.74, 6) is 0.377. The molecule has 0 N–H and O–H groups in total. The highest BCUT2D eigenvalue weighted by Gasteiger charge is 2.16. The summed E-state index contributed by atoms with van der Waals surface area (Å²) < 4.78 is 22.5. The first-order chi connectivity index (χ1) is 12.6. The zero-order valence-electron chi connectivity index (χ0n) is 15.8. The van der Waals surface area contributed by atoms with Crippen LogP contribution in [-0.4, -0.2) is 30.1 Å². The van der Waals surface area contributed by atoms with Gasteiger partial charge < -0.3 is 14.2 Å². The van der Waals surface area contributed by atoms with E-state index < -0.39 is 0 Å². The fourth-order valence-electron chi connectivity index (χ4n) is 3.25. The van der Waals surface area contributed by atoms with Crippen LogP contribution in [0.2, 0.25) is 0 Å². The van der Waals surface area contributed by atoms with Crippen molar-refractivity contribution in [2.45, 2.75) is 32.9 Å². The number of likely N-dealkylation sites (N-methyl/N-ethyl adjacent to an activating group) is 1. The van der Waals surface area contributed by atoms with E-state index in [1.165, 1.54) is 11.6 Å². The second-order valence-electron chi connectivity index (χ2n) is 6.97. The van der Waals surface area contributed by atoms with Crippen molar-refractivity contribution in [2.24, 2.45) is 0 Å². The van der Waals surface area contributed by atoms with Crippen molar-refractivity contribution in [2.75, 3.05) is 20.6 Å². The van der Waals surface area contributed by atoms with E-state index >= 15 is 0 Å². The van der Waals surface area contributed by atoms with Crippen LogP contribution in [0.25, 0.3) is 10.9 Å². The fraction of sp³-hybridized carbons (Fsp3) is 0.364. The molecular formula is C22H27FN2O. The largest absolute Gasteiger partial charge is 0.488 e. The van der Waals surface area contributed by atoms with E-state index in [-0.39, 0.29) is 5.82 Å². The van der Waals surface area contributed by atoms with Gasteiger partial charge in [-0.3, -0.25) is 0 Å². The SMILES string of the molecule is CCCn1cc(CCN(C)C)c2c(OCc3ccccc3)cc(F)cc21. The van der Waals surface area contributed by atoms with Crippen molar-refractivity contribution in [1.82, 2.24) is 9.47 Å². The van der Waals surface area contributed by atoms with Gasteiger partial charge in [0.05, 0.1) is 5.52 Å². The quantitative estimate of drug-likeness (QED) is 0.574. The van der Waals surface area contributed by atoms with E-state index in [0.717, 1.165) is 42.4 Å². The number of fused-ring (bicyclic) bond motifs is 1. The predicted molar refractivity (Wildman–Crippen MR) is 105 cm³/mol. The van der Waals surface area contributed by atoms with E-state index in [1.807, 2.05) is 30.3 Å². The lowest BCUT2D eigenvalue weighted by molar-refractivity contribution is 0.308. The molecule has 1 heterocycles. The fourth-order valence-corrected chi connectivity index (χ4v) is 3.25. The monoisotopic (exact) mass is 354 g/mol. The Labute approximate surface area is 155 Å². The molecule has 0 aliphatic heterocycles. The van der Waals surface area contributed by atoms with Crippen LogP contribution in [0.3, 0.4) is 0 Å². The Morgan fingerprint density at radius 1 is 1.12 bits per heavy atom. The second-order valence-corrected chi connectivity index (χ2v) is 6.97. The van der Waals surface area contributed by atoms with Gasteiger partial charge in [0.15, 0.2) is 0 Å². The van der Waals surface area contributed by atoms with Crippen LogP contribution >= 0.6 is 0 Å². The standard InChI is InChI=1S/C22H27FN2O/c1-4-11-25-15-18(10-12-24(2)3)22-20(25)13-19(23)14-21(22)26-16-17-8-6-5-7-9-17/h5-9,13-15H,4,10-12,16H2,1-3H3. The summed E-state index contributed by atoms with van der Waals surface area (Å²) in [5, 5.41) is 1.04. The summed E-state index contributed by atoms with van der Waals surface area (Å²) in [6.45, 7) is 4.39. The predicted octanol–water partition coefficient (Wildman–Crippen LogP) is 4.87. The zero-order valence-corrected chi connectivity index (χ0v) is 15.8. The topological polar surface area (TPSA) is 17.4 Å². The van der Waals surface area contributed by atoms with Crippen molar-refractivity contribution in [1.29, 1.82) is 0 Å². The van der Waals surface area contributed by atoms with Gasteiger partial charge >= 0.3 is 0 Å². The normalized spacial score (nSPS) is 11.4. The molecule has 0 saturated carbocycles. The van der Waals surface area contributed by atoms with Crippen LogP contribution in [0.5, 0.6) is 5.75 Å². The first kappa shape index (κ1) is 18.5. The van der Waals surface area contributed by atoms with Crippen molar-refractivity contribution < 1.29 is 9.13 Å². The summed E-state index contributed by atoms with van der Waals surface area (Å²) in [7, 11) is 4.13. The van der Waals surface area contributed by atoms with Gasteiger partial charge in [0.1, 0.15) is 18.2 Å². The Morgan fingerprint density at radius 2 is 1.88 bits per heavy atom. The molecule has 0 atom stereocenters. The summed E-state index contributed by atoms with van der Waals surface area (Å²) >= 11 is 0. The number of halogens is 1. The van der Waals surface area contributed by atoms with E-state index in [4.69, 9.17) is 4.74 Å².